The number of fused-ring (bicyclic) bond motifs is 2. The van der Waals surface area contributed by atoms with Gasteiger partial charge < -0.3 is 4.74 Å². The minimum absolute atomic E-state index is 0.0554. The van der Waals surface area contributed by atoms with E-state index < -0.39 is 0 Å². The van der Waals surface area contributed by atoms with Crippen LogP contribution in [0, 0.1) is 0 Å². The fraction of sp³-hybridized carbons (Fsp3) is 0.938. The largest absolute Gasteiger partial charge is 0.367 e. The molecule has 2 saturated heterocycles. The maximum atomic E-state index is 12.0. The van der Waals surface area contributed by atoms with Crippen LogP contribution < -0.4 is 0 Å². The summed E-state index contributed by atoms with van der Waals surface area (Å²) in [5, 5.41) is 0. The van der Waals surface area contributed by atoms with Gasteiger partial charge in [0.25, 0.3) is 0 Å². The SMILES string of the molecule is O=C1CCCCCCCCCCCC2CCC1O2. The van der Waals surface area contributed by atoms with Crippen molar-refractivity contribution in [3.05, 3.63) is 0 Å². The van der Waals surface area contributed by atoms with Crippen molar-refractivity contribution in [1.82, 2.24) is 0 Å². The van der Waals surface area contributed by atoms with Gasteiger partial charge >= 0.3 is 0 Å². The van der Waals surface area contributed by atoms with Crippen molar-refractivity contribution in [2.24, 2.45) is 0 Å². The van der Waals surface area contributed by atoms with Gasteiger partial charge in [-0.1, -0.05) is 51.4 Å². The lowest BCUT2D eigenvalue weighted by atomic mass is 10.0. The third-order valence-electron chi connectivity index (χ3n) is 4.42. The van der Waals surface area contributed by atoms with E-state index in [2.05, 4.69) is 0 Å². The number of ether oxygens (including phenoxy) is 1. The first-order chi connectivity index (χ1) is 8.86. The molecule has 2 bridgehead atoms. The molecule has 0 radical (unpaired) electrons. The van der Waals surface area contributed by atoms with Crippen molar-refractivity contribution < 1.29 is 9.53 Å². The molecule has 18 heavy (non-hydrogen) atoms. The van der Waals surface area contributed by atoms with E-state index in [9.17, 15) is 4.79 Å². The second kappa shape index (κ2) is 7.93. The van der Waals surface area contributed by atoms with Crippen LogP contribution in [0.2, 0.25) is 0 Å². The number of ketones is 1. The number of Topliss-reactive ketones (excluding diaryl/α,β-unsaturated/α-hetero) is 1. The summed E-state index contributed by atoms with van der Waals surface area (Å²) >= 11 is 0. The van der Waals surface area contributed by atoms with Crippen molar-refractivity contribution in [2.45, 2.75) is 95.7 Å². The number of hydrogen-bond donors (Lipinski definition) is 0. The molecule has 2 nitrogen and oxygen atoms in total. The zero-order chi connectivity index (χ0) is 12.6. The number of carbonyl (C=O) groups excluding carboxylic acids is 1. The zero-order valence-electron chi connectivity index (χ0n) is 11.7. The summed E-state index contributed by atoms with van der Waals surface area (Å²) in [7, 11) is 0. The molecule has 2 fully saturated rings. The summed E-state index contributed by atoms with van der Waals surface area (Å²) in [5.41, 5.74) is 0. The lowest BCUT2D eigenvalue weighted by Gasteiger charge is -2.12. The standard InChI is InChI=1S/C16H28O2/c17-15-11-9-7-5-3-1-2-4-6-8-10-14-12-13-16(15)18-14/h14,16H,1-13H2. The van der Waals surface area contributed by atoms with Crippen LogP contribution in [0.25, 0.3) is 0 Å². The highest BCUT2D eigenvalue weighted by molar-refractivity contribution is 5.83. The summed E-state index contributed by atoms with van der Waals surface area (Å²) in [5.74, 6) is 0.368. The average molecular weight is 252 g/mol. The molecule has 0 spiro atoms. The Balaban J connectivity index is 1.77. The summed E-state index contributed by atoms with van der Waals surface area (Å²) in [6, 6.07) is 0. The Labute approximate surface area is 111 Å². The van der Waals surface area contributed by atoms with Crippen molar-refractivity contribution >= 4 is 5.78 Å². The molecule has 104 valence electrons. The van der Waals surface area contributed by atoms with Crippen molar-refractivity contribution in [1.29, 1.82) is 0 Å². The van der Waals surface area contributed by atoms with Crippen molar-refractivity contribution in [3.63, 3.8) is 0 Å². The molecule has 0 N–H and O–H groups in total. The molecular weight excluding hydrogens is 224 g/mol. The Kier molecular flexibility index (Phi) is 6.19. The van der Waals surface area contributed by atoms with E-state index in [0.29, 0.717) is 11.9 Å². The van der Waals surface area contributed by atoms with Crippen LogP contribution in [0.5, 0.6) is 0 Å². The fourth-order valence-electron chi connectivity index (χ4n) is 3.22. The van der Waals surface area contributed by atoms with Crippen LogP contribution >= 0.6 is 0 Å². The molecule has 2 aliphatic heterocycles. The second-order valence-electron chi connectivity index (χ2n) is 6.01. The van der Waals surface area contributed by atoms with Gasteiger partial charge in [-0.2, -0.15) is 0 Å². The number of hydrogen-bond acceptors (Lipinski definition) is 2. The highest BCUT2D eigenvalue weighted by atomic mass is 16.5. The lowest BCUT2D eigenvalue weighted by Crippen LogP contribution is -2.21. The molecule has 2 heterocycles. The molecule has 0 aromatic rings. The van der Waals surface area contributed by atoms with Crippen LogP contribution in [0.3, 0.4) is 0 Å². The monoisotopic (exact) mass is 252 g/mol. The topological polar surface area (TPSA) is 26.3 Å². The molecule has 2 unspecified atom stereocenters. The number of rotatable bonds is 0. The Hall–Kier alpha value is -0.370. The first-order valence-electron chi connectivity index (χ1n) is 8.04. The summed E-state index contributed by atoms with van der Waals surface area (Å²) in [6.07, 6.45) is 16.1. The molecule has 2 atom stereocenters. The third kappa shape index (κ3) is 4.72. The van der Waals surface area contributed by atoms with Crippen LogP contribution in [0.1, 0.15) is 83.5 Å². The first kappa shape index (κ1) is 14.0. The van der Waals surface area contributed by atoms with Crippen LogP contribution in [0.4, 0.5) is 0 Å². The summed E-state index contributed by atoms with van der Waals surface area (Å²) in [4.78, 5) is 12.0. The van der Waals surface area contributed by atoms with E-state index >= 15 is 0 Å². The van der Waals surface area contributed by atoms with Gasteiger partial charge in [0.1, 0.15) is 6.10 Å². The maximum absolute atomic E-state index is 12.0. The van der Waals surface area contributed by atoms with Gasteiger partial charge in [-0.3, -0.25) is 4.79 Å². The van der Waals surface area contributed by atoms with Gasteiger partial charge in [0.15, 0.2) is 5.78 Å². The highest BCUT2D eigenvalue weighted by Crippen LogP contribution is 2.26. The summed E-state index contributed by atoms with van der Waals surface area (Å²) in [6.45, 7) is 0. The Morgan fingerprint density at radius 1 is 0.722 bits per heavy atom. The third-order valence-corrected chi connectivity index (χ3v) is 4.42. The smallest absolute Gasteiger partial charge is 0.161 e. The average Bonchev–Trinajstić information content (AvgIpc) is 2.83. The first-order valence-corrected chi connectivity index (χ1v) is 8.04. The molecule has 0 saturated carbocycles. The van der Waals surface area contributed by atoms with Gasteiger partial charge in [-0.25, -0.2) is 0 Å². The Bertz CT molecular complexity index is 249. The van der Waals surface area contributed by atoms with E-state index in [1.807, 2.05) is 0 Å². The molecule has 0 aliphatic carbocycles. The minimum atomic E-state index is -0.0554. The molecular formula is C16H28O2. The second-order valence-corrected chi connectivity index (χ2v) is 6.01. The van der Waals surface area contributed by atoms with Gasteiger partial charge in [0, 0.05) is 6.42 Å². The predicted molar refractivity (Wildman–Crippen MR) is 73.7 cm³/mol. The quantitative estimate of drug-likeness (QED) is 0.638. The highest BCUT2D eigenvalue weighted by Gasteiger charge is 2.29. The van der Waals surface area contributed by atoms with Crippen LogP contribution in [0.15, 0.2) is 0 Å². The zero-order valence-corrected chi connectivity index (χ0v) is 11.7. The van der Waals surface area contributed by atoms with Crippen molar-refractivity contribution in [2.75, 3.05) is 0 Å². The fourth-order valence-corrected chi connectivity index (χ4v) is 3.22. The minimum Gasteiger partial charge on any atom is -0.367 e. The van der Waals surface area contributed by atoms with Gasteiger partial charge in [-0.15, -0.1) is 0 Å². The molecule has 2 heteroatoms. The van der Waals surface area contributed by atoms with E-state index in [1.54, 1.807) is 0 Å². The Morgan fingerprint density at radius 3 is 2.06 bits per heavy atom. The normalized spacial score (nSPS) is 32.8. The van der Waals surface area contributed by atoms with Gasteiger partial charge in [-0.05, 0) is 25.7 Å². The molecule has 2 aliphatic rings. The lowest BCUT2D eigenvalue weighted by molar-refractivity contribution is -0.130. The molecule has 0 aromatic carbocycles. The van der Waals surface area contributed by atoms with Gasteiger partial charge in [0.2, 0.25) is 0 Å². The number of carbonyl (C=O) groups is 1. The maximum Gasteiger partial charge on any atom is 0.161 e. The van der Waals surface area contributed by atoms with Crippen LogP contribution in [-0.4, -0.2) is 18.0 Å². The van der Waals surface area contributed by atoms with E-state index in [1.165, 1.54) is 57.8 Å². The van der Waals surface area contributed by atoms with Crippen molar-refractivity contribution in [3.8, 4) is 0 Å². The molecule has 0 aromatic heterocycles. The Morgan fingerprint density at radius 2 is 1.33 bits per heavy atom. The molecule has 0 amide bonds. The van der Waals surface area contributed by atoms with Gasteiger partial charge in [0.05, 0.1) is 6.10 Å². The predicted octanol–water partition coefficient (Wildman–Crippen LogP) is 4.41. The molecule has 2 rings (SSSR count). The van der Waals surface area contributed by atoms with E-state index in [4.69, 9.17) is 4.74 Å². The van der Waals surface area contributed by atoms with E-state index in [-0.39, 0.29) is 6.10 Å². The summed E-state index contributed by atoms with van der Waals surface area (Å²) < 4.78 is 5.90. The van der Waals surface area contributed by atoms with Crippen LogP contribution in [-0.2, 0) is 9.53 Å². The van der Waals surface area contributed by atoms with E-state index in [0.717, 1.165) is 25.7 Å².